The van der Waals surface area contributed by atoms with Crippen LogP contribution in [0, 0.1) is 0 Å². The molecule has 1 fully saturated rings. The van der Waals surface area contributed by atoms with Gasteiger partial charge < -0.3 is 14.8 Å². The highest BCUT2D eigenvalue weighted by atomic mass is 32.2. The van der Waals surface area contributed by atoms with E-state index in [1.807, 2.05) is 42.5 Å². The van der Waals surface area contributed by atoms with Gasteiger partial charge in [0.2, 0.25) is 0 Å². The van der Waals surface area contributed by atoms with Gasteiger partial charge in [-0.3, -0.25) is 4.79 Å². The van der Waals surface area contributed by atoms with Crippen LogP contribution in [-0.4, -0.2) is 23.4 Å². The number of carbonyl (C=O) groups is 1. The van der Waals surface area contributed by atoms with E-state index in [1.165, 1.54) is 17.3 Å². The summed E-state index contributed by atoms with van der Waals surface area (Å²) in [6.07, 6.45) is 2.59. The molecule has 1 heterocycles. The average Bonchev–Trinajstić information content (AvgIpc) is 2.98. The predicted octanol–water partition coefficient (Wildman–Crippen LogP) is 5.32. The summed E-state index contributed by atoms with van der Waals surface area (Å²) in [5, 5.41) is 2.62. The molecule has 2 aromatic rings. The molecule has 1 N–H and O–H groups in total. The Balaban J connectivity index is 1.45. The van der Waals surface area contributed by atoms with Gasteiger partial charge in [0.05, 0.1) is 18.1 Å². The molecule has 152 valence electrons. The van der Waals surface area contributed by atoms with Crippen molar-refractivity contribution in [2.75, 3.05) is 13.2 Å². The highest BCUT2D eigenvalue weighted by Crippen LogP contribution is 2.27. The third-order valence-electron chi connectivity index (χ3n) is 4.34. The number of thioether (sulfide) groups is 1. The molecule has 1 amide bonds. The molecule has 3 rings (SSSR count). The van der Waals surface area contributed by atoms with E-state index in [1.54, 1.807) is 0 Å². The van der Waals surface area contributed by atoms with Gasteiger partial charge in [-0.15, -0.1) is 0 Å². The van der Waals surface area contributed by atoms with Crippen LogP contribution < -0.4 is 14.8 Å². The van der Waals surface area contributed by atoms with Gasteiger partial charge in [-0.25, -0.2) is 0 Å². The van der Waals surface area contributed by atoms with E-state index in [0.29, 0.717) is 22.4 Å². The summed E-state index contributed by atoms with van der Waals surface area (Å²) in [6.45, 7) is 7.73. The maximum Gasteiger partial charge on any atom is 0.263 e. The molecule has 0 unspecified atom stereocenters. The van der Waals surface area contributed by atoms with E-state index in [9.17, 15) is 4.79 Å². The first-order valence-electron chi connectivity index (χ1n) is 9.52. The Hall–Kier alpha value is -2.31. The topological polar surface area (TPSA) is 47.6 Å². The fourth-order valence-corrected chi connectivity index (χ4v) is 3.80. The second kappa shape index (κ2) is 9.46. The van der Waals surface area contributed by atoms with E-state index < -0.39 is 0 Å². The molecule has 0 atom stereocenters. The normalized spacial score (nSPS) is 15.5. The molecule has 1 saturated heterocycles. The maximum absolute atomic E-state index is 11.8. The van der Waals surface area contributed by atoms with Crippen LogP contribution in [0.2, 0.25) is 0 Å². The van der Waals surface area contributed by atoms with Gasteiger partial charge in [0.25, 0.3) is 5.91 Å². The van der Waals surface area contributed by atoms with Gasteiger partial charge in [0.1, 0.15) is 15.8 Å². The lowest BCUT2D eigenvalue weighted by atomic mass is 9.87. The van der Waals surface area contributed by atoms with E-state index in [-0.39, 0.29) is 11.3 Å². The van der Waals surface area contributed by atoms with Crippen molar-refractivity contribution in [2.24, 2.45) is 0 Å². The standard InChI is InChI=1S/C23H25NO3S2/c1-23(2,3)17-8-10-18(11-9-17)26-12-5-13-27-19-7-4-6-16(14-19)15-20-21(25)24-22(28)29-20/h4,6-11,14-15H,5,12-13H2,1-3H3,(H,24,25,28)/b20-15+. The monoisotopic (exact) mass is 427 g/mol. The maximum atomic E-state index is 11.8. The van der Waals surface area contributed by atoms with Gasteiger partial charge in [0.15, 0.2) is 0 Å². The second-order valence-electron chi connectivity index (χ2n) is 7.75. The van der Waals surface area contributed by atoms with Crippen molar-refractivity contribution in [3.8, 4) is 11.5 Å². The van der Waals surface area contributed by atoms with Crippen molar-refractivity contribution >= 4 is 40.3 Å². The summed E-state index contributed by atoms with van der Waals surface area (Å²) in [7, 11) is 0. The van der Waals surface area contributed by atoms with Crippen LogP contribution in [0.25, 0.3) is 6.08 Å². The number of thiocarbonyl (C=S) groups is 1. The SMILES string of the molecule is CC(C)(C)c1ccc(OCCCOc2cccc(/C=C3/SC(=S)NC3=O)c2)cc1. The molecule has 4 nitrogen and oxygen atoms in total. The summed E-state index contributed by atoms with van der Waals surface area (Å²) in [6, 6.07) is 15.9. The molecular formula is C23H25NO3S2. The number of benzene rings is 2. The minimum absolute atomic E-state index is 0.142. The smallest absolute Gasteiger partial charge is 0.263 e. The van der Waals surface area contributed by atoms with Crippen molar-refractivity contribution < 1.29 is 14.3 Å². The molecule has 0 spiro atoms. The molecule has 1 aliphatic heterocycles. The molecule has 2 aromatic carbocycles. The van der Waals surface area contributed by atoms with Crippen molar-refractivity contribution in [1.82, 2.24) is 5.32 Å². The van der Waals surface area contributed by atoms with Crippen LogP contribution in [0.1, 0.15) is 38.3 Å². The Morgan fingerprint density at radius 1 is 1.03 bits per heavy atom. The van der Waals surface area contributed by atoms with Crippen LogP contribution in [0.5, 0.6) is 11.5 Å². The molecule has 0 aliphatic carbocycles. The van der Waals surface area contributed by atoms with Crippen LogP contribution >= 0.6 is 24.0 Å². The van der Waals surface area contributed by atoms with Crippen molar-refractivity contribution in [3.63, 3.8) is 0 Å². The summed E-state index contributed by atoms with van der Waals surface area (Å²) in [5.41, 5.74) is 2.33. The Labute approximate surface area is 181 Å². The average molecular weight is 428 g/mol. The fourth-order valence-electron chi connectivity index (χ4n) is 2.76. The summed E-state index contributed by atoms with van der Waals surface area (Å²) in [5.74, 6) is 1.48. The Bertz CT molecular complexity index is 914. The summed E-state index contributed by atoms with van der Waals surface area (Å²) >= 11 is 6.28. The lowest BCUT2D eigenvalue weighted by Crippen LogP contribution is -2.17. The lowest BCUT2D eigenvalue weighted by molar-refractivity contribution is -0.115. The lowest BCUT2D eigenvalue weighted by Gasteiger charge is -2.19. The van der Waals surface area contributed by atoms with Gasteiger partial charge in [0, 0.05) is 6.42 Å². The molecule has 0 bridgehead atoms. The van der Waals surface area contributed by atoms with E-state index >= 15 is 0 Å². The first-order chi connectivity index (χ1) is 13.8. The molecule has 29 heavy (non-hydrogen) atoms. The number of hydrogen-bond acceptors (Lipinski definition) is 5. The van der Waals surface area contributed by atoms with E-state index in [0.717, 1.165) is 23.5 Å². The largest absolute Gasteiger partial charge is 0.493 e. The van der Waals surface area contributed by atoms with Crippen molar-refractivity contribution in [2.45, 2.75) is 32.6 Å². The van der Waals surface area contributed by atoms with Crippen LogP contribution in [-0.2, 0) is 10.2 Å². The Morgan fingerprint density at radius 3 is 2.34 bits per heavy atom. The molecule has 0 radical (unpaired) electrons. The van der Waals surface area contributed by atoms with E-state index in [4.69, 9.17) is 21.7 Å². The minimum atomic E-state index is -0.154. The zero-order valence-electron chi connectivity index (χ0n) is 16.9. The summed E-state index contributed by atoms with van der Waals surface area (Å²) < 4.78 is 12.1. The number of hydrogen-bond donors (Lipinski definition) is 1. The first kappa shape index (κ1) is 21.4. The summed E-state index contributed by atoms with van der Waals surface area (Å²) in [4.78, 5) is 12.4. The zero-order valence-corrected chi connectivity index (χ0v) is 18.5. The molecule has 1 aliphatic rings. The third-order valence-corrected chi connectivity index (χ3v) is 5.51. The van der Waals surface area contributed by atoms with Gasteiger partial charge >= 0.3 is 0 Å². The molecule has 0 aromatic heterocycles. The quantitative estimate of drug-likeness (QED) is 0.368. The first-order valence-corrected chi connectivity index (χ1v) is 10.7. The third kappa shape index (κ3) is 6.34. The van der Waals surface area contributed by atoms with Crippen molar-refractivity contribution in [1.29, 1.82) is 0 Å². The molecule has 6 heteroatoms. The van der Waals surface area contributed by atoms with Crippen LogP contribution in [0.4, 0.5) is 0 Å². The number of nitrogens with one attached hydrogen (secondary N) is 1. The minimum Gasteiger partial charge on any atom is -0.493 e. The number of carbonyl (C=O) groups excluding carboxylic acids is 1. The van der Waals surface area contributed by atoms with E-state index in [2.05, 4.69) is 38.2 Å². The Morgan fingerprint density at radius 2 is 1.72 bits per heavy atom. The highest BCUT2D eigenvalue weighted by Gasteiger charge is 2.21. The van der Waals surface area contributed by atoms with Crippen molar-refractivity contribution in [3.05, 3.63) is 64.6 Å². The van der Waals surface area contributed by atoms with Gasteiger partial charge in [-0.2, -0.15) is 0 Å². The zero-order chi connectivity index (χ0) is 20.9. The van der Waals surface area contributed by atoms with Gasteiger partial charge in [-0.1, -0.05) is 69.0 Å². The molecule has 0 saturated carbocycles. The Kier molecular flexibility index (Phi) is 6.98. The fraction of sp³-hybridized carbons (Fsp3) is 0.304. The molecular weight excluding hydrogens is 402 g/mol. The highest BCUT2D eigenvalue weighted by molar-refractivity contribution is 8.26. The number of rotatable bonds is 7. The number of amides is 1. The van der Waals surface area contributed by atoms with Gasteiger partial charge in [-0.05, 0) is 46.9 Å². The van der Waals surface area contributed by atoms with Crippen LogP contribution in [0.15, 0.2) is 53.4 Å². The van der Waals surface area contributed by atoms with Crippen LogP contribution in [0.3, 0.4) is 0 Å². The predicted molar refractivity (Wildman–Crippen MR) is 123 cm³/mol. The second-order valence-corrected chi connectivity index (χ2v) is 9.47. The number of ether oxygens (including phenoxy) is 2.